The van der Waals surface area contributed by atoms with Crippen LogP contribution in [0.15, 0.2) is 0 Å². The highest BCUT2D eigenvalue weighted by molar-refractivity contribution is 5.85. The predicted molar refractivity (Wildman–Crippen MR) is 46.7 cm³/mol. The first kappa shape index (κ1) is 12.6. The number of unbranched alkanes of at least 4 members (excludes halogenated alkanes) is 2. The van der Waals surface area contributed by atoms with Crippen molar-refractivity contribution in [2.75, 3.05) is 0 Å². The van der Waals surface area contributed by atoms with Crippen molar-refractivity contribution in [3.05, 3.63) is 0 Å². The minimum atomic E-state index is 0. The first-order chi connectivity index (χ1) is 4.31. The highest BCUT2D eigenvalue weighted by Crippen LogP contribution is 2.00. The second kappa shape index (κ2) is 8.96. The van der Waals surface area contributed by atoms with Crippen molar-refractivity contribution < 1.29 is 4.79 Å². The van der Waals surface area contributed by atoms with Crippen molar-refractivity contribution in [3.63, 3.8) is 0 Å². The molecule has 0 unspecified atom stereocenters. The molecule has 0 bridgehead atoms. The van der Waals surface area contributed by atoms with Gasteiger partial charge in [-0.2, -0.15) is 0 Å². The highest BCUT2D eigenvalue weighted by Gasteiger charge is 1.95. The molecular formula is C8H17ClO. The molecular weight excluding hydrogens is 148 g/mol. The van der Waals surface area contributed by atoms with Crippen LogP contribution < -0.4 is 0 Å². The first-order valence-electron chi connectivity index (χ1n) is 3.83. The van der Waals surface area contributed by atoms with Crippen LogP contribution in [0.25, 0.3) is 0 Å². The second-order valence-electron chi connectivity index (χ2n) is 2.35. The van der Waals surface area contributed by atoms with Gasteiger partial charge in [0.2, 0.25) is 0 Å². The van der Waals surface area contributed by atoms with E-state index in [0.29, 0.717) is 12.2 Å². The first-order valence-corrected chi connectivity index (χ1v) is 3.83. The number of ketones is 1. The molecule has 0 aliphatic rings. The molecule has 62 valence electrons. The van der Waals surface area contributed by atoms with Crippen LogP contribution in [-0.2, 0) is 4.79 Å². The SMILES string of the molecule is CCCCCC(=O)CC.Cl. The molecule has 0 atom stereocenters. The largest absolute Gasteiger partial charge is 0.300 e. The van der Waals surface area contributed by atoms with Crippen molar-refractivity contribution in [1.82, 2.24) is 0 Å². The van der Waals surface area contributed by atoms with Crippen LogP contribution in [0.1, 0.15) is 46.0 Å². The number of carbonyl (C=O) groups excluding carboxylic acids is 1. The molecule has 0 aromatic carbocycles. The minimum absolute atomic E-state index is 0. The summed E-state index contributed by atoms with van der Waals surface area (Å²) in [5, 5.41) is 0. The number of rotatable bonds is 5. The van der Waals surface area contributed by atoms with Gasteiger partial charge in [-0.1, -0.05) is 26.7 Å². The van der Waals surface area contributed by atoms with Crippen molar-refractivity contribution in [2.45, 2.75) is 46.0 Å². The Morgan fingerprint density at radius 3 is 2.20 bits per heavy atom. The van der Waals surface area contributed by atoms with E-state index in [9.17, 15) is 4.79 Å². The smallest absolute Gasteiger partial charge is 0.132 e. The lowest BCUT2D eigenvalue weighted by molar-refractivity contribution is -0.118. The molecule has 0 saturated heterocycles. The van der Waals surface area contributed by atoms with Crippen LogP contribution >= 0.6 is 12.4 Å². The third-order valence-corrected chi connectivity index (χ3v) is 1.45. The summed E-state index contributed by atoms with van der Waals surface area (Å²) in [7, 11) is 0. The summed E-state index contributed by atoms with van der Waals surface area (Å²) < 4.78 is 0. The maximum atomic E-state index is 10.7. The lowest BCUT2D eigenvalue weighted by Crippen LogP contribution is -1.93. The number of carbonyl (C=O) groups is 1. The quantitative estimate of drug-likeness (QED) is 0.571. The summed E-state index contributed by atoms with van der Waals surface area (Å²) >= 11 is 0. The second-order valence-corrected chi connectivity index (χ2v) is 2.35. The maximum Gasteiger partial charge on any atom is 0.132 e. The molecule has 0 aliphatic heterocycles. The molecule has 2 heteroatoms. The summed E-state index contributed by atoms with van der Waals surface area (Å²) in [6.07, 6.45) is 5.00. The van der Waals surface area contributed by atoms with Gasteiger partial charge in [-0.25, -0.2) is 0 Å². The van der Waals surface area contributed by atoms with Gasteiger partial charge in [0.1, 0.15) is 5.78 Å². The molecule has 0 aliphatic carbocycles. The average molecular weight is 165 g/mol. The third kappa shape index (κ3) is 7.96. The topological polar surface area (TPSA) is 17.1 Å². The summed E-state index contributed by atoms with van der Waals surface area (Å²) in [5.74, 6) is 0.406. The Morgan fingerprint density at radius 2 is 1.80 bits per heavy atom. The summed E-state index contributed by atoms with van der Waals surface area (Å²) in [4.78, 5) is 10.7. The minimum Gasteiger partial charge on any atom is -0.300 e. The zero-order chi connectivity index (χ0) is 7.11. The fourth-order valence-corrected chi connectivity index (χ4v) is 0.749. The molecule has 0 radical (unpaired) electrons. The standard InChI is InChI=1S/C8H16O.ClH/c1-3-5-6-7-8(9)4-2;/h3-7H2,1-2H3;1H. The van der Waals surface area contributed by atoms with E-state index in [1.807, 2.05) is 6.92 Å². The fraction of sp³-hybridized carbons (Fsp3) is 0.875. The van der Waals surface area contributed by atoms with E-state index in [2.05, 4.69) is 6.92 Å². The maximum absolute atomic E-state index is 10.7. The molecule has 0 N–H and O–H groups in total. The molecule has 0 aromatic rings. The van der Waals surface area contributed by atoms with E-state index in [0.717, 1.165) is 12.8 Å². The summed E-state index contributed by atoms with van der Waals surface area (Å²) in [6, 6.07) is 0. The van der Waals surface area contributed by atoms with Crippen LogP contribution in [0, 0.1) is 0 Å². The Bertz CT molecular complexity index is 81.3. The van der Waals surface area contributed by atoms with Gasteiger partial charge in [0.05, 0.1) is 0 Å². The molecule has 0 spiro atoms. The Labute approximate surface area is 69.6 Å². The van der Waals surface area contributed by atoms with Crippen molar-refractivity contribution in [3.8, 4) is 0 Å². The lowest BCUT2D eigenvalue weighted by atomic mass is 10.1. The lowest BCUT2D eigenvalue weighted by Gasteiger charge is -1.93. The van der Waals surface area contributed by atoms with Gasteiger partial charge in [-0.15, -0.1) is 12.4 Å². The zero-order valence-electron chi connectivity index (χ0n) is 6.85. The highest BCUT2D eigenvalue weighted by atomic mass is 35.5. The van der Waals surface area contributed by atoms with Gasteiger partial charge >= 0.3 is 0 Å². The van der Waals surface area contributed by atoms with Crippen molar-refractivity contribution in [1.29, 1.82) is 0 Å². The normalized spacial score (nSPS) is 8.60. The predicted octanol–water partition coefficient (Wildman–Crippen LogP) is 2.97. The summed E-state index contributed by atoms with van der Waals surface area (Å²) in [5.41, 5.74) is 0. The molecule has 1 nitrogen and oxygen atoms in total. The van der Waals surface area contributed by atoms with Crippen LogP contribution in [0.3, 0.4) is 0 Å². The molecule has 0 saturated carbocycles. The van der Waals surface area contributed by atoms with Gasteiger partial charge in [0.15, 0.2) is 0 Å². The van der Waals surface area contributed by atoms with E-state index in [-0.39, 0.29) is 12.4 Å². The number of hydrogen-bond acceptors (Lipinski definition) is 1. The Morgan fingerprint density at radius 1 is 1.20 bits per heavy atom. The molecule has 0 amide bonds. The van der Waals surface area contributed by atoms with Crippen LogP contribution in [0.5, 0.6) is 0 Å². The molecule has 10 heavy (non-hydrogen) atoms. The Balaban J connectivity index is 0. The van der Waals surface area contributed by atoms with Crippen LogP contribution in [0.4, 0.5) is 0 Å². The number of hydrogen-bond donors (Lipinski definition) is 0. The zero-order valence-corrected chi connectivity index (χ0v) is 7.67. The van der Waals surface area contributed by atoms with E-state index >= 15 is 0 Å². The van der Waals surface area contributed by atoms with Crippen molar-refractivity contribution in [2.24, 2.45) is 0 Å². The monoisotopic (exact) mass is 164 g/mol. The van der Waals surface area contributed by atoms with Crippen LogP contribution in [0.2, 0.25) is 0 Å². The van der Waals surface area contributed by atoms with E-state index in [4.69, 9.17) is 0 Å². The molecule has 0 rings (SSSR count). The van der Waals surface area contributed by atoms with Gasteiger partial charge < -0.3 is 0 Å². The number of Topliss-reactive ketones (excluding diaryl/α,β-unsaturated/α-hetero) is 1. The number of halogens is 1. The molecule has 0 heterocycles. The van der Waals surface area contributed by atoms with Crippen molar-refractivity contribution >= 4 is 18.2 Å². The Kier molecular flexibility index (Phi) is 11.3. The van der Waals surface area contributed by atoms with Gasteiger partial charge in [-0.05, 0) is 6.42 Å². The van der Waals surface area contributed by atoms with Gasteiger partial charge in [-0.3, -0.25) is 4.79 Å². The fourth-order valence-electron chi connectivity index (χ4n) is 0.749. The third-order valence-electron chi connectivity index (χ3n) is 1.45. The van der Waals surface area contributed by atoms with E-state index < -0.39 is 0 Å². The molecule has 0 aromatic heterocycles. The molecule has 0 fully saturated rings. The summed E-state index contributed by atoms with van der Waals surface area (Å²) in [6.45, 7) is 4.07. The average Bonchev–Trinajstić information content (AvgIpc) is 1.89. The van der Waals surface area contributed by atoms with Crippen LogP contribution in [-0.4, -0.2) is 5.78 Å². The Hall–Kier alpha value is -0.0400. The van der Waals surface area contributed by atoms with E-state index in [1.54, 1.807) is 0 Å². The van der Waals surface area contributed by atoms with Gasteiger partial charge in [0, 0.05) is 12.8 Å². The van der Waals surface area contributed by atoms with Gasteiger partial charge in [0.25, 0.3) is 0 Å². The van der Waals surface area contributed by atoms with E-state index in [1.165, 1.54) is 12.8 Å².